The number of aryl methyl sites for hydroxylation is 1. The lowest BCUT2D eigenvalue weighted by atomic mass is 10.1. The monoisotopic (exact) mass is 364 g/mol. The van der Waals surface area contributed by atoms with Crippen molar-refractivity contribution in [3.8, 4) is 0 Å². The van der Waals surface area contributed by atoms with Crippen molar-refractivity contribution in [1.82, 2.24) is 0 Å². The van der Waals surface area contributed by atoms with Gasteiger partial charge >= 0.3 is 0 Å². The summed E-state index contributed by atoms with van der Waals surface area (Å²) in [6.45, 7) is 2.64. The first-order chi connectivity index (χ1) is 10.1. The fourth-order valence-corrected chi connectivity index (χ4v) is 3.55. The van der Waals surface area contributed by atoms with Crippen molar-refractivity contribution in [2.45, 2.75) is 12.2 Å². The smallest absolute Gasteiger partial charge is 0.161 e. The maximum absolute atomic E-state index is 13.4. The Bertz CT molecular complexity index is 688. The first kappa shape index (κ1) is 14.6. The Hall–Kier alpha value is -1.33. The topological polar surface area (TPSA) is 24.4 Å². The summed E-state index contributed by atoms with van der Waals surface area (Å²) in [4.78, 5) is 4.54. The first-order valence-electron chi connectivity index (χ1n) is 6.62. The molecule has 2 aromatic rings. The number of anilines is 1. The van der Waals surface area contributed by atoms with Crippen molar-refractivity contribution in [3.05, 3.63) is 63.9 Å². The van der Waals surface area contributed by atoms with Crippen LogP contribution in [0.25, 0.3) is 0 Å². The lowest BCUT2D eigenvalue weighted by molar-refractivity contribution is 0.620. The van der Waals surface area contributed by atoms with E-state index in [1.165, 1.54) is 11.6 Å². The number of aliphatic imine (C=N–C) groups is 1. The number of benzene rings is 2. The van der Waals surface area contributed by atoms with Crippen molar-refractivity contribution in [3.63, 3.8) is 0 Å². The maximum Gasteiger partial charge on any atom is 0.161 e. The van der Waals surface area contributed by atoms with E-state index in [1.54, 1.807) is 17.8 Å². The molecule has 3 rings (SSSR count). The van der Waals surface area contributed by atoms with Gasteiger partial charge in [0.1, 0.15) is 5.82 Å². The fourth-order valence-electron chi connectivity index (χ4n) is 2.18. The largest absolute Gasteiger partial charge is 0.335 e. The van der Waals surface area contributed by atoms with Gasteiger partial charge in [-0.05, 0) is 46.1 Å². The Labute approximate surface area is 136 Å². The maximum atomic E-state index is 13.4. The van der Waals surface area contributed by atoms with Gasteiger partial charge in [-0.3, -0.25) is 4.99 Å². The number of hydrogen-bond acceptors (Lipinski definition) is 3. The molecule has 0 amide bonds. The molecule has 0 aliphatic carbocycles. The average molecular weight is 365 g/mol. The van der Waals surface area contributed by atoms with Crippen molar-refractivity contribution >= 4 is 38.5 Å². The van der Waals surface area contributed by atoms with Gasteiger partial charge in [0.2, 0.25) is 0 Å². The summed E-state index contributed by atoms with van der Waals surface area (Å²) < 4.78 is 13.9. The van der Waals surface area contributed by atoms with Crippen LogP contribution in [0.5, 0.6) is 0 Å². The minimum absolute atomic E-state index is 0.249. The van der Waals surface area contributed by atoms with Gasteiger partial charge in [0, 0.05) is 5.69 Å². The molecule has 0 saturated carbocycles. The number of rotatable bonds is 2. The van der Waals surface area contributed by atoms with Crippen LogP contribution in [-0.2, 0) is 0 Å². The molecule has 21 heavy (non-hydrogen) atoms. The highest BCUT2D eigenvalue weighted by Crippen LogP contribution is 2.36. The van der Waals surface area contributed by atoms with E-state index in [0.29, 0.717) is 9.72 Å². The molecule has 2 aromatic carbocycles. The van der Waals surface area contributed by atoms with Crippen LogP contribution in [0.15, 0.2) is 51.9 Å². The zero-order valence-electron chi connectivity index (χ0n) is 11.4. The molecule has 2 nitrogen and oxygen atoms in total. The van der Waals surface area contributed by atoms with Gasteiger partial charge < -0.3 is 5.32 Å². The third-order valence-electron chi connectivity index (χ3n) is 3.33. The molecule has 5 heteroatoms. The van der Waals surface area contributed by atoms with Crippen LogP contribution < -0.4 is 5.32 Å². The summed E-state index contributed by atoms with van der Waals surface area (Å²) in [6.07, 6.45) is 0. The predicted octanol–water partition coefficient (Wildman–Crippen LogP) is 5.15. The lowest BCUT2D eigenvalue weighted by Crippen LogP contribution is -2.07. The summed E-state index contributed by atoms with van der Waals surface area (Å²) in [7, 11) is 0. The van der Waals surface area contributed by atoms with Crippen molar-refractivity contribution < 1.29 is 4.39 Å². The van der Waals surface area contributed by atoms with E-state index in [2.05, 4.69) is 38.4 Å². The van der Waals surface area contributed by atoms with Gasteiger partial charge in [-0.2, -0.15) is 0 Å². The molecule has 0 saturated heterocycles. The summed E-state index contributed by atoms with van der Waals surface area (Å²) in [6, 6.07) is 13.6. The highest BCUT2D eigenvalue weighted by Gasteiger charge is 2.21. The third kappa shape index (κ3) is 3.30. The Morgan fingerprint density at radius 3 is 2.81 bits per heavy atom. The summed E-state index contributed by atoms with van der Waals surface area (Å²) in [5, 5.41) is 4.52. The van der Waals surface area contributed by atoms with Crippen LogP contribution in [0.4, 0.5) is 10.1 Å². The minimum Gasteiger partial charge on any atom is -0.335 e. The average Bonchev–Trinajstić information content (AvgIpc) is 2.94. The number of nitrogens with zero attached hydrogens (tertiary/aromatic N) is 1. The van der Waals surface area contributed by atoms with Crippen LogP contribution in [0, 0.1) is 12.7 Å². The van der Waals surface area contributed by atoms with Crippen LogP contribution in [0.1, 0.15) is 16.4 Å². The van der Waals surface area contributed by atoms with Crippen LogP contribution in [-0.4, -0.2) is 11.7 Å². The molecule has 0 bridgehead atoms. The first-order valence-corrected chi connectivity index (χ1v) is 8.29. The Balaban J connectivity index is 1.72. The molecule has 1 aliphatic rings. The molecule has 0 spiro atoms. The van der Waals surface area contributed by atoms with Crippen LogP contribution in [0.2, 0.25) is 0 Å². The second-order valence-corrected chi connectivity index (χ2v) is 6.92. The van der Waals surface area contributed by atoms with E-state index in [1.807, 2.05) is 25.1 Å². The van der Waals surface area contributed by atoms with Gasteiger partial charge in [0.05, 0.1) is 16.3 Å². The van der Waals surface area contributed by atoms with Crippen molar-refractivity contribution in [1.29, 1.82) is 0 Å². The van der Waals surface area contributed by atoms with Gasteiger partial charge in [0.15, 0.2) is 5.17 Å². The second kappa shape index (κ2) is 6.20. The number of hydrogen-bond donors (Lipinski definition) is 1. The molecule has 1 aliphatic heterocycles. The van der Waals surface area contributed by atoms with E-state index < -0.39 is 0 Å². The molecule has 108 valence electrons. The Kier molecular flexibility index (Phi) is 4.31. The van der Waals surface area contributed by atoms with Crippen molar-refractivity contribution in [2.24, 2.45) is 4.99 Å². The van der Waals surface area contributed by atoms with Gasteiger partial charge in [-0.1, -0.05) is 42.1 Å². The fraction of sp³-hybridized carbons (Fsp3) is 0.188. The minimum atomic E-state index is -0.249. The zero-order valence-corrected chi connectivity index (χ0v) is 13.8. The van der Waals surface area contributed by atoms with E-state index in [4.69, 9.17) is 0 Å². The quantitative estimate of drug-likeness (QED) is 0.796. The lowest BCUT2D eigenvalue weighted by Gasteiger charge is -2.11. The van der Waals surface area contributed by atoms with Gasteiger partial charge in [-0.15, -0.1) is 0 Å². The number of nitrogens with one attached hydrogen (secondary N) is 1. The second-order valence-electron chi connectivity index (χ2n) is 4.87. The SMILES string of the molecule is Cc1cc(F)c(Br)cc1NC1=NCC(c2ccccc2)S1. The summed E-state index contributed by atoms with van der Waals surface area (Å²) in [5.74, 6) is -0.249. The Morgan fingerprint density at radius 1 is 1.29 bits per heavy atom. The molecular weight excluding hydrogens is 351 g/mol. The molecule has 1 N–H and O–H groups in total. The highest BCUT2D eigenvalue weighted by atomic mass is 79.9. The third-order valence-corrected chi connectivity index (χ3v) is 5.10. The van der Waals surface area contributed by atoms with E-state index in [-0.39, 0.29) is 5.82 Å². The van der Waals surface area contributed by atoms with E-state index in [0.717, 1.165) is 23.0 Å². The summed E-state index contributed by atoms with van der Waals surface area (Å²) >= 11 is 4.92. The highest BCUT2D eigenvalue weighted by molar-refractivity contribution is 9.10. The van der Waals surface area contributed by atoms with Gasteiger partial charge in [-0.25, -0.2) is 4.39 Å². The normalized spacial score (nSPS) is 17.7. The number of thioether (sulfide) groups is 1. The molecule has 0 radical (unpaired) electrons. The molecular formula is C16H14BrFN2S. The van der Waals surface area contributed by atoms with Crippen LogP contribution in [0.3, 0.4) is 0 Å². The molecule has 1 heterocycles. The summed E-state index contributed by atoms with van der Waals surface area (Å²) in [5.41, 5.74) is 3.02. The molecule has 1 atom stereocenters. The van der Waals surface area contributed by atoms with Crippen LogP contribution >= 0.6 is 27.7 Å². The molecule has 0 fully saturated rings. The molecule has 0 aromatic heterocycles. The number of halogens is 2. The Morgan fingerprint density at radius 2 is 2.05 bits per heavy atom. The van der Waals surface area contributed by atoms with E-state index in [9.17, 15) is 4.39 Å². The zero-order chi connectivity index (χ0) is 14.8. The van der Waals surface area contributed by atoms with E-state index >= 15 is 0 Å². The predicted molar refractivity (Wildman–Crippen MR) is 91.5 cm³/mol. The standard InChI is InChI=1S/C16H14BrFN2S/c1-10-7-13(18)12(17)8-14(10)20-16-19-9-15(21-16)11-5-3-2-4-6-11/h2-8,15H,9H2,1H3,(H,19,20). The van der Waals surface area contributed by atoms with Crippen molar-refractivity contribution in [2.75, 3.05) is 11.9 Å². The number of amidine groups is 1. The van der Waals surface area contributed by atoms with Gasteiger partial charge in [0.25, 0.3) is 0 Å². The molecule has 1 unspecified atom stereocenters.